The number of ether oxygens (including phenoxy) is 2. The van der Waals surface area contributed by atoms with Gasteiger partial charge in [-0.1, -0.05) is 25.1 Å². The lowest BCUT2D eigenvalue weighted by Crippen LogP contribution is -2.04. The van der Waals surface area contributed by atoms with Crippen LogP contribution in [0.3, 0.4) is 0 Å². The van der Waals surface area contributed by atoms with Crippen LogP contribution in [0, 0.1) is 0 Å². The minimum absolute atomic E-state index is 0.448. The predicted molar refractivity (Wildman–Crippen MR) is 65.0 cm³/mol. The summed E-state index contributed by atoms with van der Waals surface area (Å²) in [7, 11) is 1.74. The van der Waals surface area contributed by atoms with Gasteiger partial charge in [0.05, 0.1) is 19.3 Å². The largest absolute Gasteiger partial charge is 0.496 e. The molecule has 1 aliphatic heterocycles. The predicted octanol–water partition coefficient (Wildman–Crippen LogP) is 3.37. The Morgan fingerprint density at radius 1 is 1.38 bits per heavy atom. The van der Waals surface area contributed by atoms with Crippen molar-refractivity contribution in [1.82, 2.24) is 0 Å². The van der Waals surface area contributed by atoms with Gasteiger partial charge in [0.15, 0.2) is 0 Å². The molecule has 2 heteroatoms. The number of benzene rings is 1. The maximum atomic E-state index is 5.50. The maximum absolute atomic E-state index is 5.50. The van der Waals surface area contributed by atoms with Crippen LogP contribution in [-0.2, 0) is 4.74 Å². The number of epoxide rings is 1. The van der Waals surface area contributed by atoms with Crippen LogP contribution >= 0.6 is 0 Å². The number of hydrogen-bond acceptors (Lipinski definition) is 2. The SMILES string of the molecule is CCC(CC1OC1C)c1ccccc1OC. The normalized spacial score (nSPS) is 25.2. The molecule has 3 unspecified atom stereocenters. The van der Waals surface area contributed by atoms with E-state index in [1.807, 2.05) is 12.1 Å². The van der Waals surface area contributed by atoms with Crippen molar-refractivity contribution in [2.45, 2.75) is 44.8 Å². The average molecular weight is 220 g/mol. The molecule has 1 aliphatic rings. The van der Waals surface area contributed by atoms with Crippen molar-refractivity contribution in [3.63, 3.8) is 0 Å². The van der Waals surface area contributed by atoms with Gasteiger partial charge >= 0.3 is 0 Å². The van der Waals surface area contributed by atoms with Gasteiger partial charge < -0.3 is 9.47 Å². The summed E-state index contributed by atoms with van der Waals surface area (Å²) in [6.45, 7) is 4.36. The van der Waals surface area contributed by atoms with Crippen molar-refractivity contribution in [1.29, 1.82) is 0 Å². The number of rotatable bonds is 5. The van der Waals surface area contributed by atoms with Gasteiger partial charge in [-0.15, -0.1) is 0 Å². The summed E-state index contributed by atoms with van der Waals surface area (Å²) < 4.78 is 10.9. The Morgan fingerprint density at radius 2 is 2.06 bits per heavy atom. The third-order valence-electron chi connectivity index (χ3n) is 3.42. The highest BCUT2D eigenvalue weighted by molar-refractivity contribution is 5.36. The van der Waals surface area contributed by atoms with Gasteiger partial charge in [0.2, 0.25) is 0 Å². The quantitative estimate of drug-likeness (QED) is 0.710. The first-order valence-corrected chi connectivity index (χ1v) is 6.04. The zero-order chi connectivity index (χ0) is 11.5. The molecule has 1 saturated heterocycles. The standard InChI is InChI=1S/C14H20O2/c1-4-11(9-14-10(2)16-14)12-7-5-6-8-13(12)15-3/h5-8,10-11,14H,4,9H2,1-3H3. The van der Waals surface area contributed by atoms with E-state index in [9.17, 15) is 0 Å². The van der Waals surface area contributed by atoms with Gasteiger partial charge in [-0.25, -0.2) is 0 Å². The summed E-state index contributed by atoms with van der Waals surface area (Å²) in [5, 5.41) is 0. The zero-order valence-corrected chi connectivity index (χ0v) is 10.3. The van der Waals surface area contributed by atoms with Gasteiger partial charge in [-0.2, -0.15) is 0 Å². The molecule has 0 N–H and O–H groups in total. The van der Waals surface area contributed by atoms with Gasteiger partial charge in [-0.05, 0) is 37.3 Å². The molecular weight excluding hydrogens is 200 g/mol. The van der Waals surface area contributed by atoms with Crippen LogP contribution in [0.1, 0.15) is 38.2 Å². The fraction of sp³-hybridized carbons (Fsp3) is 0.571. The van der Waals surface area contributed by atoms with Crippen LogP contribution in [0.2, 0.25) is 0 Å². The monoisotopic (exact) mass is 220 g/mol. The minimum Gasteiger partial charge on any atom is -0.496 e. The molecule has 0 saturated carbocycles. The third kappa shape index (κ3) is 2.38. The first-order chi connectivity index (χ1) is 7.76. The van der Waals surface area contributed by atoms with E-state index in [1.165, 1.54) is 5.56 Å². The summed E-state index contributed by atoms with van der Waals surface area (Å²) in [6.07, 6.45) is 3.14. The Hall–Kier alpha value is -1.02. The molecule has 1 fully saturated rings. The van der Waals surface area contributed by atoms with E-state index in [2.05, 4.69) is 26.0 Å². The second kappa shape index (κ2) is 4.88. The summed E-state index contributed by atoms with van der Waals surface area (Å²) in [4.78, 5) is 0. The molecular formula is C14H20O2. The van der Waals surface area contributed by atoms with Crippen LogP contribution < -0.4 is 4.74 Å². The van der Waals surface area contributed by atoms with E-state index in [0.29, 0.717) is 18.1 Å². The molecule has 1 heterocycles. The number of methoxy groups -OCH3 is 1. The van der Waals surface area contributed by atoms with E-state index in [-0.39, 0.29) is 0 Å². The lowest BCUT2D eigenvalue weighted by molar-refractivity contribution is 0.353. The summed E-state index contributed by atoms with van der Waals surface area (Å²) >= 11 is 0. The first-order valence-electron chi connectivity index (χ1n) is 6.04. The Morgan fingerprint density at radius 3 is 2.62 bits per heavy atom. The van der Waals surface area contributed by atoms with E-state index in [0.717, 1.165) is 18.6 Å². The van der Waals surface area contributed by atoms with Gasteiger partial charge in [0.1, 0.15) is 5.75 Å². The molecule has 2 rings (SSSR count). The van der Waals surface area contributed by atoms with Crippen LogP contribution in [0.25, 0.3) is 0 Å². The first kappa shape index (κ1) is 11.5. The van der Waals surface area contributed by atoms with Crippen molar-refractivity contribution in [3.05, 3.63) is 29.8 Å². The highest BCUT2D eigenvalue weighted by Gasteiger charge is 2.36. The molecule has 2 nitrogen and oxygen atoms in total. The molecule has 0 bridgehead atoms. The van der Waals surface area contributed by atoms with Crippen LogP contribution in [0.5, 0.6) is 5.75 Å². The zero-order valence-electron chi connectivity index (χ0n) is 10.3. The Kier molecular flexibility index (Phi) is 3.49. The smallest absolute Gasteiger partial charge is 0.122 e. The summed E-state index contributed by atoms with van der Waals surface area (Å²) in [5.41, 5.74) is 1.32. The van der Waals surface area contributed by atoms with Crippen LogP contribution in [-0.4, -0.2) is 19.3 Å². The average Bonchev–Trinajstić information content (AvgIpc) is 3.02. The Balaban J connectivity index is 2.12. The topological polar surface area (TPSA) is 21.8 Å². The minimum atomic E-state index is 0.448. The van der Waals surface area contributed by atoms with Crippen LogP contribution in [0.4, 0.5) is 0 Å². The molecule has 0 aromatic heterocycles. The lowest BCUT2D eigenvalue weighted by atomic mass is 9.90. The van der Waals surface area contributed by atoms with Crippen LogP contribution in [0.15, 0.2) is 24.3 Å². The molecule has 0 radical (unpaired) electrons. The van der Waals surface area contributed by atoms with Crippen molar-refractivity contribution < 1.29 is 9.47 Å². The lowest BCUT2D eigenvalue weighted by Gasteiger charge is -2.17. The van der Waals surface area contributed by atoms with Crippen molar-refractivity contribution in [2.75, 3.05) is 7.11 Å². The summed E-state index contributed by atoms with van der Waals surface area (Å²) in [5.74, 6) is 1.55. The molecule has 0 amide bonds. The fourth-order valence-corrected chi connectivity index (χ4v) is 2.28. The highest BCUT2D eigenvalue weighted by atomic mass is 16.6. The fourth-order valence-electron chi connectivity index (χ4n) is 2.28. The van der Waals surface area contributed by atoms with E-state index in [4.69, 9.17) is 9.47 Å². The van der Waals surface area contributed by atoms with Crippen molar-refractivity contribution >= 4 is 0 Å². The molecule has 16 heavy (non-hydrogen) atoms. The van der Waals surface area contributed by atoms with E-state index in [1.54, 1.807) is 7.11 Å². The Labute approximate surface area is 97.6 Å². The molecule has 88 valence electrons. The molecule has 0 spiro atoms. The van der Waals surface area contributed by atoms with E-state index >= 15 is 0 Å². The molecule has 0 aliphatic carbocycles. The maximum Gasteiger partial charge on any atom is 0.122 e. The Bertz CT molecular complexity index is 348. The van der Waals surface area contributed by atoms with Gasteiger partial charge in [-0.3, -0.25) is 0 Å². The number of hydrogen-bond donors (Lipinski definition) is 0. The second-order valence-corrected chi connectivity index (χ2v) is 4.46. The highest BCUT2D eigenvalue weighted by Crippen LogP contribution is 2.37. The number of para-hydroxylation sites is 1. The third-order valence-corrected chi connectivity index (χ3v) is 3.42. The molecule has 3 atom stereocenters. The van der Waals surface area contributed by atoms with Gasteiger partial charge in [0.25, 0.3) is 0 Å². The van der Waals surface area contributed by atoms with E-state index < -0.39 is 0 Å². The molecule has 1 aromatic rings. The van der Waals surface area contributed by atoms with Gasteiger partial charge in [0, 0.05) is 0 Å². The second-order valence-electron chi connectivity index (χ2n) is 4.46. The molecule has 1 aromatic carbocycles. The van der Waals surface area contributed by atoms with Crippen molar-refractivity contribution in [3.8, 4) is 5.75 Å². The van der Waals surface area contributed by atoms with Crippen molar-refractivity contribution in [2.24, 2.45) is 0 Å². The summed E-state index contributed by atoms with van der Waals surface area (Å²) in [6, 6.07) is 8.30.